The van der Waals surface area contributed by atoms with Crippen LogP contribution in [0, 0.1) is 5.92 Å². The predicted molar refractivity (Wildman–Crippen MR) is 102 cm³/mol. The maximum absolute atomic E-state index is 12.3. The number of benzene rings is 2. The van der Waals surface area contributed by atoms with Crippen molar-refractivity contribution in [3.63, 3.8) is 0 Å². The second-order valence-corrected chi connectivity index (χ2v) is 6.81. The van der Waals surface area contributed by atoms with Crippen molar-refractivity contribution in [1.82, 2.24) is 9.88 Å². The van der Waals surface area contributed by atoms with E-state index in [1.165, 1.54) is 18.0 Å². The third-order valence-electron chi connectivity index (χ3n) is 4.91. The largest absolute Gasteiger partial charge is 0.457 e. The number of piperidine rings is 1. The lowest BCUT2D eigenvalue weighted by Gasteiger charge is -2.30. The second kappa shape index (κ2) is 8.18. The van der Waals surface area contributed by atoms with E-state index in [-0.39, 0.29) is 17.6 Å². The molecule has 138 valence electrons. The molecule has 1 aromatic heterocycles. The highest BCUT2D eigenvalue weighted by molar-refractivity contribution is 5.93. The molecule has 0 saturated carbocycles. The Hall–Kier alpha value is -2.92. The van der Waals surface area contributed by atoms with Crippen LogP contribution < -0.4 is 4.74 Å². The van der Waals surface area contributed by atoms with E-state index in [0.717, 1.165) is 44.0 Å². The quantitative estimate of drug-likeness (QED) is 0.602. The molecule has 0 bridgehead atoms. The van der Waals surface area contributed by atoms with Gasteiger partial charge in [0.15, 0.2) is 0 Å². The minimum Gasteiger partial charge on any atom is -0.457 e. The first-order valence-corrected chi connectivity index (χ1v) is 9.26. The molecule has 2 aromatic carbocycles. The van der Waals surface area contributed by atoms with Crippen LogP contribution in [0.1, 0.15) is 29.1 Å². The number of ether oxygens (including phenoxy) is 1. The first kappa shape index (κ1) is 17.5. The molecule has 0 amide bonds. The van der Waals surface area contributed by atoms with E-state index >= 15 is 0 Å². The van der Waals surface area contributed by atoms with Crippen LogP contribution in [0.15, 0.2) is 71.5 Å². The van der Waals surface area contributed by atoms with Crippen molar-refractivity contribution in [3.05, 3.63) is 78.5 Å². The third-order valence-corrected chi connectivity index (χ3v) is 4.91. The minimum atomic E-state index is 0.0153. The normalized spacial score (nSPS) is 15.6. The Balaban J connectivity index is 1.28. The summed E-state index contributed by atoms with van der Waals surface area (Å²) in [5.41, 5.74) is 1.24. The average molecular weight is 362 g/mol. The zero-order valence-electron chi connectivity index (χ0n) is 15.1. The van der Waals surface area contributed by atoms with Gasteiger partial charge in [-0.25, -0.2) is 4.98 Å². The van der Waals surface area contributed by atoms with E-state index in [4.69, 9.17) is 9.15 Å². The Morgan fingerprint density at radius 3 is 2.41 bits per heavy atom. The number of nitrogens with zero attached hydrogens (tertiary/aromatic N) is 2. The van der Waals surface area contributed by atoms with Gasteiger partial charge in [-0.1, -0.05) is 30.3 Å². The first-order chi connectivity index (χ1) is 13.3. The average Bonchev–Trinajstić information content (AvgIpc) is 3.25. The number of hydrogen-bond donors (Lipinski definition) is 0. The lowest BCUT2D eigenvalue weighted by molar-refractivity contribution is 0.0799. The maximum atomic E-state index is 12.3. The van der Waals surface area contributed by atoms with E-state index in [9.17, 15) is 4.79 Å². The van der Waals surface area contributed by atoms with Crippen LogP contribution in [-0.4, -0.2) is 28.8 Å². The topological polar surface area (TPSA) is 55.6 Å². The summed E-state index contributed by atoms with van der Waals surface area (Å²) < 4.78 is 11.0. The molecule has 0 aliphatic carbocycles. The molecule has 3 aromatic rings. The summed E-state index contributed by atoms with van der Waals surface area (Å²) in [6.07, 6.45) is 4.66. The number of Topliss-reactive ketones (excluding diaryl/α,β-unsaturated/α-hetero) is 1. The Morgan fingerprint density at radius 2 is 1.74 bits per heavy atom. The molecule has 1 fully saturated rings. The Bertz CT molecular complexity index is 852. The van der Waals surface area contributed by atoms with Crippen molar-refractivity contribution >= 4 is 5.78 Å². The summed E-state index contributed by atoms with van der Waals surface area (Å²) >= 11 is 0. The lowest BCUT2D eigenvalue weighted by Crippen LogP contribution is -2.36. The summed E-state index contributed by atoms with van der Waals surface area (Å²) in [5.74, 6) is 1.95. The number of oxazole rings is 1. The zero-order valence-corrected chi connectivity index (χ0v) is 15.1. The van der Waals surface area contributed by atoms with Gasteiger partial charge < -0.3 is 9.15 Å². The summed E-state index contributed by atoms with van der Waals surface area (Å²) in [6.45, 7) is 2.68. The van der Waals surface area contributed by atoms with Crippen LogP contribution in [0.25, 0.3) is 0 Å². The van der Waals surface area contributed by atoms with Crippen LogP contribution in [0.4, 0.5) is 0 Å². The van der Waals surface area contributed by atoms with Crippen molar-refractivity contribution in [2.45, 2.75) is 19.4 Å². The van der Waals surface area contributed by atoms with Gasteiger partial charge in [-0.2, -0.15) is 0 Å². The highest BCUT2D eigenvalue weighted by atomic mass is 16.5. The van der Waals surface area contributed by atoms with E-state index in [1.807, 2.05) is 42.5 Å². The molecule has 4 rings (SSSR count). The fourth-order valence-electron chi connectivity index (χ4n) is 3.42. The molecule has 0 spiro atoms. The van der Waals surface area contributed by atoms with Gasteiger partial charge in [0.25, 0.3) is 5.89 Å². The van der Waals surface area contributed by atoms with Crippen molar-refractivity contribution in [2.24, 2.45) is 5.92 Å². The minimum absolute atomic E-state index is 0.0153. The van der Waals surface area contributed by atoms with E-state index in [2.05, 4.69) is 22.0 Å². The highest BCUT2D eigenvalue weighted by Crippen LogP contribution is 2.24. The van der Waals surface area contributed by atoms with Gasteiger partial charge in [-0.05, 0) is 55.8 Å². The highest BCUT2D eigenvalue weighted by Gasteiger charge is 2.28. The Kier molecular flexibility index (Phi) is 5.30. The SMILES string of the molecule is O=C(c1ncco1)C1CCN(Cc2ccc(Oc3ccccc3)cc2)CC1. The van der Waals surface area contributed by atoms with Crippen LogP contribution in [-0.2, 0) is 6.54 Å². The number of carbonyl (C=O) groups excluding carboxylic acids is 1. The molecule has 0 N–H and O–H groups in total. The molecule has 1 aliphatic heterocycles. The van der Waals surface area contributed by atoms with Gasteiger partial charge in [0, 0.05) is 12.5 Å². The molecule has 0 unspecified atom stereocenters. The maximum Gasteiger partial charge on any atom is 0.263 e. The van der Waals surface area contributed by atoms with E-state index in [1.54, 1.807) is 0 Å². The summed E-state index contributed by atoms with van der Waals surface area (Å²) in [7, 11) is 0. The van der Waals surface area contributed by atoms with Gasteiger partial charge in [0.1, 0.15) is 17.8 Å². The molecular weight excluding hydrogens is 340 g/mol. The number of rotatable bonds is 6. The number of para-hydroxylation sites is 1. The van der Waals surface area contributed by atoms with Crippen LogP contribution >= 0.6 is 0 Å². The zero-order chi connectivity index (χ0) is 18.5. The van der Waals surface area contributed by atoms with E-state index < -0.39 is 0 Å². The lowest BCUT2D eigenvalue weighted by atomic mass is 9.92. The first-order valence-electron chi connectivity index (χ1n) is 9.26. The van der Waals surface area contributed by atoms with Gasteiger partial charge in [-0.3, -0.25) is 9.69 Å². The van der Waals surface area contributed by atoms with Crippen LogP contribution in [0.3, 0.4) is 0 Å². The van der Waals surface area contributed by atoms with Crippen molar-refractivity contribution in [3.8, 4) is 11.5 Å². The monoisotopic (exact) mass is 362 g/mol. The number of likely N-dealkylation sites (tertiary alicyclic amines) is 1. The van der Waals surface area contributed by atoms with Crippen molar-refractivity contribution < 1.29 is 13.9 Å². The second-order valence-electron chi connectivity index (χ2n) is 6.81. The van der Waals surface area contributed by atoms with E-state index in [0.29, 0.717) is 0 Å². The molecule has 1 saturated heterocycles. The standard InChI is InChI=1S/C22H22N2O3/c25-21(22-23-12-15-26-22)18-10-13-24(14-11-18)16-17-6-8-20(9-7-17)27-19-4-2-1-3-5-19/h1-9,12,15,18H,10-11,13-14,16H2. The van der Waals surface area contributed by atoms with Gasteiger partial charge in [0.05, 0.1) is 6.20 Å². The van der Waals surface area contributed by atoms with Gasteiger partial charge in [0.2, 0.25) is 5.78 Å². The molecule has 5 nitrogen and oxygen atoms in total. The van der Waals surface area contributed by atoms with Crippen molar-refractivity contribution in [1.29, 1.82) is 0 Å². The Labute approximate surface area is 158 Å². The number of aromatic nitrogens is 1. The number of carbonyl (C=O) groups is 1. The molecule has 27 heavy (non-hydrogen) atoms. The predicted octanol–water partition coefficient (Wildman–Crippen LogP) is 4.56. The summed E-state index contributed by atoms with van der Waals surface area (Å²) in [4.78, 5) is 18.7. The Morgan fingerprint density at radius 1 is 1.04 bits per heavy atom. The molecule has 2 heterocycles. The fourth-order valence-corrected chi connectivity index (χ4v) is 3.42. The molecule has 5 heteroatoms. The molecular formula is C22H22N2O3. The van der Waals surface area contributed by atoms with Crippen LogP contribution in [0.5, 0.6) is 11.5 Å². The number of ketones is 1. The van der Waals surface area contributed by atoms with Gasteiger partial charge >= 0.3 is 0 Å². The summed E-state index contributed by atoms with van der Waals surface area (Å²) in [5, 5.41) is 0. The van der Waals surface area contributed by atoms with Crippen molar-refractivity contribution in [2.75, 3.05) is 13.1 Å². The summed E-state index contributed by atoms with van der Waals surface area (Å²) in [6, 6.07) is 18.0. The van der Waals surface area contributed by atoms with Crippen LogP contribution in [0.2, 0.25) is 0 Å². The molecule has 0 atom stereocenters. The van der Waals surface area contributed by atoms with Gasteiger partial charge in [-0.15, -0.1) is 0 Å². The fraction of sp³-hybridized carbons (Fsp3) is 0.273. The number of hydrogen-bond acceptors (Lipinski definition) is 5. The third kappa shape index (κ3) is 4.44. The molecule has 1 aliphatic rings. The molecule has 0 radical (unpaired) electrons. The smallest absolute Gasteiger partial charge is 0.263 e.